The van der Waals surface area contributed by atoms with Crippen LogP contribution in [0.5, 0.6) is 0 Å². The van der Waals surface area contributed by atoms with Gasteiger partial charge >= 0.3 is 12.4 Å². The van der Waals surface area contributed by atoms with Gasteiger partial charge in [-0.3, -0.25) is 4.79 Å². The summed E-state index contributed by atoms with van der Waals surface area (Å²) in [7, 11) is -4.37. The normalized spacial score (nSPS) is 13.3. The van der Waals surface area contributed by atoms with E-state index in [2.05, 4.69) is 0 Å². The van der Waals surface area contributed by atoms with E-state index >= 15 is 0 Å². The molecule has 0 radical (unpaired) electrons. The van der Waals surface area contributed by atoms with Crippen LogP contribution >= 0.6 is 0 Å². The zero-order valence-electron chi connectivity index (χ0n) is 12.8. The highest BCUT2D eigenvalue weighted by Gasteiger charge is 2.38. The third-order valence-corrected chi connectivity index (χ3v) is 4.98. The van der Waals surface area contributed by atoms with Crippen molar-refractivity contribution < 1.29 is 39.6 Å². The van der Waals surface area contributed by atoms with Gasteiger partial charge in [0.2, 0.25) is 15.9 Å². The maximum atomic E-state index is 13.0. The average molecular weight is 392 g/mol. The van der Waals surface area contributed by atoms with Gasteiger partial charge < -0.3 is 5.73 Å². The highest BCUT2D eigenvalue weighted by molar-refractivity contribution is 7.89. The Bertz CT molecular complexity index is 743. The summed E-state index contributed by atoms with van der Waals surface area (Å²) in [6.07, 6.45) is -9.88. The van der Waals surface area contributed by atoms with Gasteiger partial charge in [0.15, 0.2) is 0 Å². The number of rotatable bonds is 6. The van der Waals surface area contributed by atoms with Crippen LogP contribution in [0.2, 0.25) is 0 Å². The minimum Gasteiger partial charge on any atom is -0.369 e. The van der Waals surface area contributed by atoms with Crippen molar-refractivity contribution in [1.29, 1.82) is 0 Å². The van der Waals surface area contributed by atoms with E-state index in [4.69, 9.17) is 5.73 Å². The Morgan fingerprint density at radius 1 is 1.12 bits per heavy atom. The number of hydrogen-bond acceptors (Lipinski definition) is 3. The largest absolute Gasteiger partial charge is 0.416 e. The second-order valence-electron chi connectivity index (χ2n) is 5.02. The molecule has 2 N–H and O–H groups in total. The predicted octanol–water partition coefficient (Wildman–Crippen LogP) is 2.36. The molecular formula is C13H14F6N2O3S. The fourth-order valence-corrected chi connectivity index (χ4v) is 3.32. The Kier molecular flexibility index (Phi) is 6.11. The van der Waals surface area contributed by atoms with Gasteiger partial charge in [-0.05, 0) is 23.8 Å². The minimum atomic E-state index is -4.98. The number of benzene rings is 1. The standard InChI is InChI=1S/C13H14F6N2O3S/c1-2-21(25(23,24)7-11(20)22)6-8-5-9(12(14,15)16)3-4-10(8)13(17,18)19/h3-5H,2,6-7H2,1H3,(H2,20,22). The molecule has 0 bridgehead atoms. The first kappa shape index (κ1) is 21.2. The van der Waals surface area contributed by atoms with Crippen molar-refractivity contribution in [3.63, 3.8) is 0 Å². The molecule has 1 aromatic carbocycles. The molecule has 0 saturated heterocycles. The van der Waals surface area contributed by atoms with Gasteiger partial charge in [-0.2, -0.15) is 30.6 Å². The van der Waals surface area contributed by atoms with Crippen LogP contribution in [0.15, 0.2) is 18.2 Å². The van der Waals surface area contributed by atoms with E-state index in [1.54, 1.807) is 0 Å². The Morgan fingerprint density at radius 3 is 2.08 bits per heavy atom. The number of halogens is 6. The van der Waals surface area contributed by atoms with Crippen molar-refractivity contribution in [2.24, 2.45) is 5.73 Å². The number of sulfonamides is 1. The third-order valence-electron chi connectivity index (χ3n) is 3.16. The van der Waals surface area contributed by atoms with Crippen molar-refractivity contribution in [3.8, 4) is 0 Å². The molecule has 1 aromatic rings. The Balaban J connectivity index is 3.39. The zero-order chi connectivity index (χ0) is 19.6. The number of amides is 1. The molecule has 0 aliphatic heterocycles. The molecular weight excluding hydrogens is 378 g/mol. The minimum absolute atomic E-state index is 0.241. The lowest BCUT2D eigenvalue weighted by molar-refractivity contribution is -0.142. The lowest BCUT2D eigenvalue weighted by Gasteiger charge is -2.23. The first-order valence-electron chi connectivity index (χ1n) is 6.72. The number of nitrogens with zero attached hydrogens (tertiary/aromatic N) is 1. The summed E-state index contributed by atoms with van der Waals surface area (Å²) in [4.78, 5) is 10.8. The van der Waals surface area contributed by atoms with Gasteiger partial charge in [-0.25, -0.2) is 8.42 Å². The van der Waals surface area contributed by atoms with E-state index in [9.17, 15) is 39.6 Å². The van der Waals surface area contributed by atoms with Crippen molar-refractivity contribution >= 4 is 15.9 Å². The fraction of sp³-hybridized carbons (Fsp3) is 0.462. The van der Waals surface area contributed by atoms with Gasteiger partial charge in [0.25, 0.3) is 0 Å². The monoisotopic (exact) mass is 392 g/mol. The maximum absolute atomic E-state index is 13.0. The van der Waals surface area contributed by atoms with Crippen LogP contribution in [0.1, 0.15) is 23.6 Å². The van der Waals surface area contributed by atoms with Crippen molar-refractivity contribution in [2.45, 2.75) is 25.8 Å². The van der Waals surface area contributed by atoms with Gasteiger partial charge in [0, 0.05) is 13.1 Å². The molecule has 1 amide bonds. The van der Waals surface area contributed by atoms with E-state index in [0.29, 0.717) is 4.31 Å². The van der Waals surface area contributed by atoms with Crippen LogP contribution in [-0.2, 0) is 33.7 Å². The predicted molar refractivity (Wildman–Crippen MR) is 75.5 cm³/mol. The molecule has 0 spiro atoms. The summed E-state index contributed by atoms with van der Waals surface area (Å²) in [5, 5.41) is 0. The first-order chi connectivity index (χ1) is 11.2. The van der Waals surface area contributed by atoms with Crippen LogP contribution in [-0.4, -0.2) is 30.9 Å². The molecule has 0 saturated carbocycles. The SMILES string of the molecule is CCN(Cc1cc(C(F)(F)F)ccc1C(F)(F)F)S(=O)(=O)CC(N)=O. The van der Waals surface area contributed by atoms with E-state index in [-0.39, 0.29) is 24.7 Å². The summed E-state index contributed by atoms with van der Waals surface area (Å²) in [6.45, 7) is -0.0759. The number of carbonyl (C=O) groups is 1. The van der Waals surface area contributed by atoms with Crippen molar-refractivity contribution in [1.82, 2.24) is 4.31 Å². The second kappa shape index (κ2) is 7.20. The topological polar surface area (TPSA) is 80.5 Å². The fourth-order valence-electron chi connectivity index (χ4n) is 2.05. The zero-order valence-corrected chi connectivity index (χ0v) is 13.6. The van der Waals surface area contributed by atoms with E-state index in [1.165, 1.54) is 6.92 Å². The summed E-state index contributed by atoms with van der Waals surface area (Å²) >= 11 is 0. The molecule has 0 atom stereocenters. The maximum Gasteiger partial charge on any atom is 0.416 e. The molecule has 1 rings (SSSR count). The summed E-state index contributed by atoms with van der Waals surface area (Å²) < 4.78 is 102. The molecule has 0 aliphatic rings. The molecule has 0 aromatic heterocycles. The number of primary amides is 1. The third kappa shape index (κ3) is 5.59. The van der Waals surface area contributed by atoms with Crippen LogP contribution in [0.25, 0.3) is 0 Å². The molecule has 0 fully saturated rings. The molecule has 0 heterocycles. The molecule has 5 nitrogen and oxygen atoms in total. The lowest BCUT2D eigenvalue weighted by Crippen LogP contribution is -2.37. The molecule has 12 heteroatoms. The van der Waals surface area contributed by atoms with Crippen LogP contribution in [0.4, 0.5) is 26.3 Å². The van der Waals surface area contributed by atoms with E-state index in [0.717, 1.165) is 0 Å². The Hall–Kier alpha value is -1.82. The number of hydrogen-bond donors (Lipinski definition) is 1. The Labute approximate surface area is 139 Å². The van der Waals surface area contributed by atoms with Gasteiger partial charge in [0.05, 0.1) is 11.1 Å². The van der Waals surface area contributed by atoms with Crippen LogP contribution < -0.4 is 5.73 Å². The first-order valence-corrected chi connectivity index (χ1v) is 8.33. The Morgan fingerprint density at radius 2 is 1.68 bits per heavy atom. The average Bonchev–Trinajstić information content (AvgIpc) is 2.40. The summed E-state index contributed by atoms with van der Waals surface area (Å²) in [5.74, 6) is -2.40. The van der Waals surface area contributed by atoms with Crippen molar-refractivity contribution in [2.75, 3.05) is 12.3 Å². The molecule has 142 valence electrons. The molecule has 25 heavy (non-hydrogen) atoms. The highest BCUT2D eigenvalue weighted by atomic mass is 32.2. The van der Waals surface area contributed by atoms with Crippen LogP contribution in [0.3, 0.4) is 0 Å². The van der Waals surface area contributed by atoms with E-state index in [1.807, 2.05) is 0 Å². The summed E-state index contributed by atoms with van der Waals surface area (Å²) in [5.41, 5.74) is 1.15. The lowest BCUT2D eigenvalue weighted by atomic mass is 10.0. The highest BCUT2D eigenvalue weighted by Crippen LogP contribution is 2.37. The van der Waals surface area contributed by atoms with Crippen molar-refractivity contribution in [3.05, 3.63) is 34.9 Å². The number of nitrogens with two attached hydrogens (primary N) is 1. The smallest absolute Gasteiger partial charge is 0.369 e. The molecule has 0 aliphatic carbocycles. The molecule has 0 unspecified atom stereocenters. The number of carbonyl (C=O) groups excluding carboxylic acids is 1. The number of alkyl halides is 6. The van der Waals surface area contributed by atoms with E-state index < -0.39 is 57.3 Å². The quantitative estimate of drug-likeness (QED) is 0.755. The van der Waals surface area contributed by atoms with Gasteiger partial charge in [-0.1, -0.05) is 6.92 Å². The second-order valence-corrected chi connectivity index (χ2v) is 6.99. The van der Waals surface area contributed by atoms with Crippen LogP contribution in [0, 0.1) is 0 Å². The van der Waals surface area contributed by atoms with Gasteiger partial charge in [-0.15, -0.1) is 0 Å². The van der Waals surface area contributed by atoms with Gasteiger partial charge in [0.1, 0.15) is 5.75 Å². The summed E-state index contributed by atoms with van der Waals surface area (Å²) in [6, 6.07) is 0.749.